The topological polar surface area (TPSA) is 112 Å². The maximum Gasteiger partial charge on any atom is 0.253 e. The molecule has 0 saturated heterocycles. The number of hydrogen-bond acceptors (Lipinski definition) is 5. The Morgan fingerprint density at radius 1 is 1.11 bits per heavy atom. The molecule has 2 aromatic carbocycles. The molecule has 0 atom stereocenters. The van der Waals surface area contributed by atoms with Crippen molar-refractivity contribution in [2.24, 2.45) is 15.9 Å². The fourth-order valence-electron chi connectivity index (χ4n) is 2.41. The second kappa shape index (κ2) is 9.96. The van der Waals surface area contributed by atoms with Crippen LogP contribution in [0.3, 0.4) is 0 Å². The van der Waals surface area contributed by atoms with Crippen molar-refractivity contribution in [3.8, 4) is 5.75 Å². The van der Waals surface area contributed by atoms with Crippen LogP contribution in [-0.2, 0) is 16.1 Å². The average molecular weight is 423 g/mol. The molecular weight excluding hydrogens is 403 g/mol. The standard InChI is InChI=1S/C19H20Cl2N4O3/c1-27-13-5-3-12(4-6-13)16(25-28-2)10-18(26)24-17(22)9-11-7-14(20)19(23)15(21)8-11/h3-8H,9-10,23H2,1-2H3,(H2,22,24,26). The van der Waals surface area contributed by atoms with Crippen LogP contribution < -0.4 is 16.2 Å². The van der Waals surface area contributed by atoms with Gasteiger partial charge in [0, 0.05) is 12.0 Å². The van der Waals surface area contributed by atoms with E-state index >= 15 is 0 Å². The number of amidine groups is 1. The number of carbonyl (C=O) groups is 1. The Morgan fingerprint density at radius 2 is 1.71 bits per heavy atom. The predicted octanol–water partition coefficient (Wildman–Crippen LogP) is 3.45. The summed E-state index contributed by atoms with van der Waals surface area (Å²) in [5.41, 5.74) is 13.7. The maximum atomic E-state index is 12.3. The predicted molar refractivity (Wildman–Crippen MR) is 112 cm³/mol. The minimum Gasteiger partial charge on any atom is -0.497 e. The number of nitrogens with two attached hydrogens (primary N) is 2. The molecule has 0 radical (unpaired) electrons. The van der Waals surface area contributed by atoms with E-state index in [0.29, 0.717) is 38.3 Å². The SMILES string of the molecule is CON=C(CC(=O)/N=C(\N)Cc1cc(Cl)c(N)c(Cl)c1)c1ccc(OC)cc1. The number of nitrogen functional groups attached to an aromatic ring is 1. The minimum atomic E-state index is -0.461. The van der Waals surface area contributed by atoms with Crippen molar-refractivity contribution in [2.75, 3.05) is 20.0 Å². The van der Waals surface area contributed by atoms with Crippen LogP contribution in [0.1, 0.15) is 17.5 Å². The monoisotopic (exact) mass is 422 g/mol. The van der Waals surface area contributed by atoms with Crippen molar-refractivity contribution in [1.29, 1.82) is 0 Å². The van der Waals surface area contributed by atoms with Gasteiger partial charge < -0.3 is 21.0 Å². The Morgan fingerprint density at radius 3 is 2.25 bits per heavy atom. The number of nitrogens with zero attached hydrogens (tertiary/aromatic N) is 2. The van der Waals surface area contributed by atoms with E-state index < -0.39 is 5.91 Å². The van der Waals surface area contributed by atoms with Crippen LogP contribution in [0.5, 0.6) is 5.75 Å². The van der Waals surface area contributed by atoms with E-state index in [1.54, 1.807) is 43.5 Å². The van der Waals surface area contributed by atoms with Gasteiger partial charge in [-0.3, -0.25) is 4.79 Å². The van der Waals surface area contributed by atoms with Gasteiger partial charge in [-0.15, -0.1) is 0 Å². The molecule has 0 saturated carbocycles. The number of benzene rings is 2. The number of anilines is 1. The summed E-state index contributed by atoms with van der Waals surface area (Å²) in [5.74, 6) is 0.347. The van der Waals surface area contributed by atoms with Gasteiger partial charge in [-0.1, -0.05) is 28.4 Å². The van der Waals surface area contributed by atoms with Crippen molar-refractivity contribution < 1.29 is 14.4 Å². The summed E-state index contributed by atoms with van der Waals surface area (Å²) in [4.78, 5) is 21.1. The van der Waals surface area contributed by atoms with Crippen LogP contribution in [-0.4, -0.2) is 31.7 Å². The lowest BCUT2D eigenvalue weighted by atomic mass is 10.1. The molecule has 1 amide bonds. The van der Waals surface area contributed by atoms with Gasteiger partial charge in [0.05, 0.1) is 35.0 Å². The second-order valence-electron chi connectivity index (χ2n) is 5.77. The van der Waals surface area contributed by atoms with E-state index in [2.05, 4.69) is 10.1 Å². The molecule has 4 N–H and O–H groups in total. The fraction of sp³-hybridized carbons (Fsp3) is 0.211. The van der Waals surface area contributed by atoms with Crippen molar-refractivity contribution >= 4 is 46.3 Å². The van der Waals surface area contributed by atoms with Gasteiger partial charge in [-0.25, -0.2) is 4.99 Å². The number of amides is 1. The zero-order chi connectivity index (χ0) is 20.7. The third-order valence-corrected chi connectivity index (χ3v) is 4.36. The first-order valence-electron chi connectivity index (χ1n) is 8.17. The van der Waals surface area contributed by atoms with E-state index in [1.165, 1.54) is 7.11 Å². The van der Waals surface area contributed by atoms with E-state index in [1.807, 2.05) is 0 Å². The summed E-state index contributed by atoms with van der Waals surface area (Å²) in [6.45, 7) is 0. The molecule has 0 unspecified atom stereocenters. The van der Waals surface area contributed by atoms with Crippen LogP contribution in [0, 0.1) is 0 Å². The highest BCUT2D eigenvalue weighted by Crippen LogP contribution is 2.29. The normalized spacial score (nSPS) is 12.0. The summed E-state index contributed by atoms with van der Waals surface area (Å²) in [6.07, 6.45) is 0.120. The highest BCUT2D eigenvalue weighted by Gasteiger charge is 2.12. The summed E-state index contributed by atoms with van der Waals surface area (Å²) in [7, 11) is 2.97. The molecule has 0 aliphatic rings. The Hall–Kier alpha value is -2.77. The minimum absolute atomic E-state index is 0.0792. The lowest BCUT2D eigenvalue weighted by Gasteiger charge is -2.07. The van der Waals surface area contributed by atoms with Crippen LogP contribution in [0.15, 0.2) is 46.5 Å². The van der Waals surface area contributed by atoms with Crippen LogP contribution in [0.4, 0.5) is 5.69 Å². The van der Waals surface area contributed by atoms with Crippen molar-refractivity contribution in [3.05, 3.63) is 57.6 Å². The van der Waals surface area contributed by atoms with E-state index in [0.717, 1.165) is 0 Å². The van der Waals surface area contributed by atoms with Gasteiger partial charge in [-0.2, -0.15) is 0 Å². The van der Waals surface area contributed by atoms with Crippen LogP contribution in [0.25, 0.3) is 0 Å². The van der Waals surface area contributed by atoms with E-state index in [9.17, 15) is 4.79 Å². The number of carbonyl (C=O) groups excluding carboxylic acids is 1. The first-order valence-corrected chi connectivity index (χ1v) is 8.93. The van der Waals surface area contributed by atoms with Gasteiger partial charge in [0.15, 0.2) is 0 Å². The zero-order valence-electron chi connectivity index (χ0n) is 15.4. The average Bonchev–Trinajstić information content (AvgIpc) is 2.65. The van der Waals surface area contributed by atoms with Gasteiger partial charge >= 0.3 is 0 Å². The van der Waals surface area contributed by atoms with Crippen molar-refractivity contribution in [3.63, 3.8) is 0 Å². The van der Waals surface area contributed by atoms with E-state index in [-0.39, 0.29) is 18.7 Å². The molecule has 0 bridgehead atoms. The van der Waals surface area contributed by atoms with Gasteiger partial charge in [0.2, 0.25) is 0 Å². The Balaban J connectivity index is 2.11. The molecule has 0 spiro atoms. The number of aliphatic imine (C=N–C) groups is 1. The van der Waals surface area contributed by atoms with Crippen LogP contribution in [0.2, 0.25) is 10.0 Å². The molecule has 0 aliphatic heterocycles. The molecule has 28 heavy (non-hydrogen) atoms. The zero-order valence-corrected chi connectivity index (χ0v) is 16.9. The molecule has 0 aromatic heterocycles. The number of oxime groups is 1. The third kappa shape index (κ3) is 5.87. The number of halogens is 2. The quantitative estimate of drug-likeness (QED) is 0.307. The highest BCUT2D eigenvalue weighted by atomic mass is 35.5. The van der Waals surface area contributed by atoms with Gasteiger partial charge in [0.1, 0.15) is 18.7 Å². The lowest BCUT2D eigenvalue weighted by molar-refractivity contribution is -0.116. The van der Waals surface area contributed by atoms with E-state index in [4.69, 9.17) is 44.2 Å². The lowest BCUT2D eigenvalue weighted by Crippen LogP contribution is -2.19. The van der Waals surface area contributed by atoms with Crippen LogP contribution >= 0.6 is 23.2 Å². The number of ether oxygens (including phenoxy) is 1. The van der Waals surface area contributed by atoms with Crippen molar-refractivity contribution in [1.82, 2.24) is 0 Å². The summed E-state index contributed by atoms with van der Waals surface area (Å²) in [5, 5.41) is 4.54. The first-order chi connectivity index (χ1) is 13.3. The third-order valence-electron chi connectivity index (χ3n) is 3.74. The van der Waals surface area contributed by atoms with Gasteiger partial charge in [-0.05, 0) is 42.0 Å². The summed E-state index contributed by atoms with van der Waals surface area (Å²) in [6, 6.07) is 10.3. The number of rotatable bonds is 7. The highest BCUT2D eigenvalue weighted by molar-refractivity contribution is 6.39. The molecule has 0 aliphatic carbocycles. The molecular formula is C19H20Cl2N4O3. The fourth-order valence-corrected chi connectivity index (χ4v) is 2.94. The van der Waals surface area contributed by atoms with Gasteiger partial charge in [0.25, 0.3) is 5.91 Å². The Bertz CT molecular complexity index is 889. The Kier molecular flexibility index (Phi) is 7.66. The summed E-state index contributed by atoms with van der Waals surface area (Å²) >= 11 is 12.0. The first kappa shape index (κ1) is 21.5. The Labute approximate surface area is 172 Å². The number of methoxy groups -OCH3 is 1. The molecule has 9 heteroatoms. The van der Waals surface area contributed by atoms with Crippen molar-refractivity contribution in [2.45, 2.75) is 12.8 Å². The molecule has 2 aromatic rings. The largest absolute Gasteiger partial charge is 0.497 e. The molecule has 2 rings (SSSR count). The summed E-state index contributed by atoms with van der Waals surface area (Å²) < 4.78 is 5.12. The number of hydrogen-bond donors (Lipinski definition) is 2. The molecule has 0 heterocycles. The smallest absolute Gasteiger partial charge is 0.253 e. The maximum absolute atomic E-state index is 12.3. The molecule has 0 fully saturated rings. The molecule has 7 nitrogen and oxygen atoms in total. The molecule has 148 valence electrons. The second-order valence-corrected chi connectivity index (χ2v) is 6.59.